The third-order valence-electron chi connectivity index (χ3n) is 4.50. The van der Waals surface area contributed by atoms with Gasteiger partial charge in [0, 0.05) is 11.6 Å². The maximum Gasteiger partial charge on any atom is 0.274 e. The molecule has 116 valence electrons. The average molecular weight is 312 g/mol. The summed E-state index contributed by atoms with van der Waals surface area (Å²) in [5, 5.41) is 21.8. The molecule has 0 aliphatic heterocycles. The third kappa shape index (κ3) is 3.95. The smallest absolute Gasteiger partial charge is 0.274 e. The van der Waals surface area contributed by atoms with E-state index in [1.165, 1.54) is 6.07 Å². The molecular formula is C16H22ClNO3. The second-order valence-electron chi connectivity index (χ2n) is 5.99. The van der Waals surface area contributed by atoms with E-state index in [1.54, 1.807) is 12.1 Å². The maximum absolute atomic E-state index is 11.1. The number of nitro groups is 1. The molecule has 1 aromatic rings. The highest BCUT2D eigenvalue weighted by molar-refractivity contribution is 6.31. The van der Waals surface area contributed by atoms with Gasteiger partial charge >= 0.3 is 0 Å². The summed E-state index contributed by atoms with van der Waals surface area (Å²) in [4.78, 5) is 10.8. The molecule has 1 aliphatic rings. The van der Waals surface area contributed by atoms with E-state index in [0.29, 0.717) is 22.9 Å². The first-order valence-electron chi connectivity index (χ1n) is 7.62. The van der Waals surface area contributed by atoms with Crippen LogP contribution < -0.4 is 0 Å². The standard InChI is InChI=1S/C16H22ClNO3/c1-2-4-11-7-8-16(19)12(9-11)10-13-14(17)5-3-6-15(13)18(20)21/h3,5-6,11-12,16,19H,2,4,7-10H2,1H3. The molecule has 5 heteroatoms. The van der Waals surface area contributed by atoms with Gasteiger partial charge in [0.05, 0.1) is 16.0 Å². The van der Waals surface area contributed by atoms with Crippen LogP contribution in [0.25, 0.3) is 0 Å². The molecule has 1 aliphatic carbocycles. The molecule has 0 bridgehead atoms. The zero-order valence-electron chi connectivity index (χ0n) is 12.3. The lowest BCUT2D eigenvalue weighted by atomic mass is 9.75. The predicted octanol–water partition coefficient (Wildman–Crippen LogP) is 4.37. The Bertz CT molecular complexity index is 506. The molecule has 1 fully saturated rings. The molecule has 0 heterocycles. The van der Waals surface area contributed by atoms with Gasteiger partial charge in [-0.3, -0.25) is 10.1 Å². The quantitative estimate of drug-likeness (QED) is 0.648. The van der Waals surface area contributed by atoms with Gasteiger partial charge in [0.15, 0.2) is 0 Å². The van der Waals surface area contributed by atoms with Crippen LogP contribution in [0.2, 0.25) is 5.02 Å². The van der Waals surface area contributed by atoms with Crippen molar-refractivity contribution in [3.05, 3.63) is 38.9 Å². The van der Waals surface area contributed by atoms with Crippen molar-refractivity contribution in [3.63, 3.8) is 0 Å². The van der Waals surface area contributed by atoms with Gasteiger partial charge in [0.1, 0.15) is 0 Å². The van der Waals surface area contributed by atoms with Crippen LogP contribution in [0.1, 0.15) is 44.6 Å². The van der Waals surface area contributed by atoms with E-state index in [-0.39, 0.29) is 22.6 Å². The van der Waals surface area contributed by atoms with E-state index in [0.717, 1.165) is 32.1 Å². The van der Waals surface area contributed by atoms with Crippen LogP contribution in [-0.2, 0) is 6.42 Å². The van der Waals surface area contributed by atoms with Gasteiger partial charge in [-0.1, -0.05) is 37.4 Å². The normalized spacial score (nSPS) is 25.8. The van der Waals surface area contributed by atoms with Crippen molar-refractivity contribution < 1.29 is 10.0 Å². The Labute approximate surface area is 130 Å². The van der Waals surface area contributed by atoms with Crippen LogP contribution in [-0.4, -0.2) is 16.1 Å². The van der Waals surface area contributed by atoms with E-state index in [9.17, 15) is 15.2 Å². The maximum atomic E-state index is 11.1. The number of aliphatic hydroxyl groups is 1. The molecule has 1 saturated carbocycles. The number of rotatable bonds is 5. The highest BCUT2D eigenvalue weighted by Gasteiger charge is 2.31. The highest BCUT2D eigenvalue weighted by atomic mass is 35.5. The fourth-order valence-corrected chi connectivity index (χ4v) is 3.66. The Morgan fingerprint density at radius 1 is 1.43 bits per heavy atom. The van der Waals surface area contributed by atoms with Gasteiger partial charge in [-0.15, -0.1) is 0 Å². The summed E-state index contributed by atoms with van der Waals surface area (Å²) in [6.45, 7) is 2.17. The summed E-state index contributed by atoms with van der Waals surface area (Å²) in [7, 11) is 0. The molecule has 0 saturated heterocycles. The number of nitro benzene ring substituents is 1. The molecular weight excluding hydrogens is 290 g/mol. The van der Waals surface area contributed by atoms with Gasteiger partial charge in [-0.2, -0.15) is 0 Å². The predicted molar refractivity (Wildman–Crippen MR) is 83.6 cm³/mol. The fourth-order valence-electron chi connectivity index (χ4n) is 3.42. The van der Waals surface area contributed by atoms with E-state index >= 15 is 0 Å². The van der Waals surface area contributed by atoms with Gasteiger partial charge in [0.25, 0.3) is 5.69 Å². The number of hydrogen-bond acceptors (Lipinski definition) is 3. The minimum atomic E-state index is -0.389. The summed E-state index contributed by atoms with van der Waals surface area (Å²) in [5.41, 5.74) is 0.623. The van der Waals surface area contributed by atoms with E-state index in [1.807, 2.05) is 0 Å². The molecule has 2 rings (SSSR count). The second-order valence-corrected chi connectivity index (χ2v) is 6.40. The van der Waals surface area contributed by atoms with Crippen molar-refractivity contribution >= 4 is 17.3 Å². The van der Waals surface area contributed by atoms with E-state index in [4.69, 9.17) is 11.6 Å². The van der Waals surface area contributed by atoms with Gasteiger partial charge in [-0.05, 0) is 43.6 Å². The summed E-state index contributed by atoms with van der Waals surface area (Å²) in [6, 6.07) is 4.77. The van der Waals surface area contributed by atoms with Crippen molar-refractivity contribution in [2.75, 3.05) is 0 Å². The first-order chi connectivity index (χ1) is 10.0. The Morgan fingerprint density at radius 2 is 2.19 bits per heavy atom. The highest BCUT2D eigenvalue weighted by Crippen LogP contribution is 2.37. The Balaban J connectivity index is 2.18. The van der Waals surface area contributed by atoms with E-state index < -0.39 is 0 Å². The van der Waals surface area contributed by atoms with Crippen molar-refractivity contribution in [1.29, 1.82) is 0 Å². The average Bonchev–Trinajstić information content (AvgIpc) is 2.44. The number of halogens is 1. The SMILES string of the molecule is CCCC1CCC(O)C(Cc2c(Cl)cccc2[N+](=O)[O-])C1. The van der Waals surface area contributed by atoms with Crippen LogP contribution in [0.3, 0.4) is 0 Å². The van der Waals surface area contributed by atoms with Crippen LogP contribution in [0.5, 0.6) is 0 Å². The summed E-state index contributed by atoms with van der Waals surface area (Å²) >= 11 is 6.15. The monoisotopic (exact) mass is 311 g/mol. The molecule has 1 aromatic carbocycles. The molecule has 3 atom stereocenters. The van der Waals surface area contributed by atoms with Crippen LogP contribution in [0, 0.1) is 22.0 Å². The zero-order chi connectivity index (χ0) is 15.4. The molecule has 21 heavy (non-hydrogen) atoms. The largest absolute Gasteiger partial charge is 0.393 e. The second kappa shape index (κ2) is 7.23. The summed E-state index contributed by atoms with van der Waals surface area (Å²) in [5.74, 6) is 0.679. The molecule has 3 unspecified atom stereocenters. The minimum Gasteiger partial charge on any atom is -0.393 e. The summed E-state index contributed by atoms with van der Waals surface area (Å²) in [6.07, 6.45) is 5.17. The molecule has 0 radical (unpaired) electrons. The Hall–Kier alpha value is -1.13. The number of benzene rings is 1. The van der Waals surface area contributed by atoms with Crippen LogP contribution >= 0.6 is 11.6 Å². The number of nitrogens with zero attached hydrogens (tertiary/aromatic N) is 1. The zero-order valence-corrected chi connectivity index (χ0v) is 13.1. The van der Waals surface area contributed by atoms with Gasteiger partial charge in [0.2, 0.25) is 0 Å². The third-order valence-corrected chi connectivity index (χ3v) is 4.86. The Morgan fingerprint density at radius 3 is 2.86 bits per heavy atom. The van der Waals surface area contributed by atoms with Gasteiger partial charge < -0.3 is 5.11 Å². The molecule has 0 aromatic heterocycles. The van der Waals surface area contributed by atoms with Crippen LogP contribution in [0.15, 0.2) is 18.2 Å². The lowest BCUT2D eigenvalue weighted by Crippen LogP contribution is -2.30. The van der Waals surface area contributed by atoms with Crippen molar-refractivity contribution in [1.82, 2.24) is 0 Å². The molecule has 1 N–H and O–H groups in total. The van der Waals surface area contributed by atoms with Crippen LogP contribution in [0.4, 0.5) is 5.69 Å². The lowest BCUT2D eigenvalue weighted by molar-refractivity contribution is -0.385. The lowest BCUT2D eigenvalue weighted by Gasteiger charge is -2.33. The molecule has 0 amide bonds. The Kier molecular flexibility index (Phi) is 5.59. The first kappa shape index (κ1) is 16.2. The van der Waals surface area contributed by atoms with Gasteiger partial charge in [-0.25, -0.2) is 0 Å². The fraction of sp³-hybridized carbons (Fsp3) is 0.625. The van der Waals surface area contributed by atoms with Crippen molar-refractivity contribution in [3.8, 4) is 0 Å². The number of aliphatic hydroxyl groups excluding tert-OH is 1. The topological polar surface area (TPSA) is 63.4 Å². The molecule has 4 nitrogen and oxygen atoms in total. The number of hydrogen-bond donors (Lipinski definition) is 1. The first-order valence-corrected chi connectivity index (χ1v) is 8.00. The van der Waals surface area contributed by atoms with E-state index in [2.05, 4.69) is 6.92 Å². The molecule has 0 spiro atoms. The van der Waals surface area contributed by atoms with Crippen molar-refractivity contribution in [2.45, 2.75) is 51.6 Å². The summed E-state index contributed by atoms with van der Waals surface area (Å²) < 4.78 is 0. The minimum absolute atomic E-state index is 0.0623. The van der Waals surface area contributed by atoms with Crippen molar-refractivity contribution in [2.24, 2.45) is 11.8 Å².